The van der Waals surface area contributed by atoms with Gasteiger partial charge in [-0.25, -0.2) is 9.78 Å². The highest BCUT2D eigenvalue weighted by atomic mass is 32.1. The van der Waals surface area contributed by atoms with E-state index in [1.54, 1.807) is 11.3 Å². The first kappa shape index (κ1) is 18.3. The van der Waals surface area contributed by atoms with Crippen molar-refractivity contribution in [2.45, 2.75) is 26.2 Å². The van der Waals surface area contributed by atoms with E-state index in [0.717, 1.165) is 30.3 Å². The molecule has 0 spiro atoms. The molecule has 2 heterocycles. The van der Waals surface area contributed by atoms with Gasteiger partial charge in [0.25, 0.3) is 0 Å². The molecule has 1 aromatic carbocycles. The van der Waals surface area contributed by atoms with Gasteiger partial charge in [0.15, 0.2) is 11.6 Å². The zero-order valence-corrected chi connectivity index (χ0v) is 16.2. The number of nitrogens with one attached hydrogen (secondary N) is 1. The number of aromatic amines is 1. The number of imidazole rings is 1. The lowest BCUT2D eigenvalue weighted by molar-refractivity contribution is 0.0501. The number of nitrogens with zero attached hydrogens (tertiary/aromatic N) is 2. The predicted molar refractivity (Wildman–Crippen MR) is 107 cm³/mol. The van der Waals surface area contributed by atoms with Crippen molar-refractivity contribution in [3.8, 4) is 6.07 Å². The van der Waals surface area contributed by atoms with E-state index in [0.29, 0.717) is 17.0 Å². The summed E-state index contributed by atoms with van der Waals surface area (Å²) in [6.45, 7) is 1.84. The molecule has 142 valence electrons. The van der Waals surface area contributed by atoms with Crippen LogP contribution in [-0.2, 0) is 17.6 Å². The highest BCUT2D eigenvalue weighted by Crippen LogP contribution is 2.33. The van der Waals surface area contributed by atoms with Crippen molar-refractivity contribution < 1.29 is 14.6 Å². The van der Waals surface area contributed by atoms with Crippen LogP contribution in [-0.4, -0.2) is 27.7 Å². The second kappa shape index (κ2) is 7.49. The summed E-state index contributed by atoms with van der Waals surface area (Å²) < 4.78 is 5.29. The van der Waals surface area contributed by atoms with Crippen LogP contribution in [0.15, 0.2) is 35.4 Å². The van der Waals surface area contributed by atoms with E-state index < -0.39 is 5.97 Å². The number of hydrogen-bond donors (Lipinski definition) is 2. The minimum Gasteiger partial charge on any atom is -0.507 e. The largest absolute Gasteiger partial charge is 0.507 e. The zero-order chi connectivity index (χ0) is 19.7. The van der Waals surface area contributed by atoms with Crippen molar-refractivity contribution in [2.75, 3.05) is 6.61 Å². The topological polar surface area (TPSA) is 99.0 Å². The summed E-state index contributed by atoms with van der Waals surface area (Å²) in [6, 6.07) is 9.27. The number of carbonyl (C=O) groups is 1. The van der Waals surface area contributed by atoms with Crippen LogP contribution in [0.5, 0.6) is 0 Å². The summed E-state index contributed by atoms with van der Waals surface area (Å²) in [5.74, 6) is 0.0799. The molecule has 0 aliphatic heterocycles. The lowest BCUT2D eigenvalue weighted by atomic mass is 9.88. The first-order chi connectivity index (χ1) is 13.6. The van der Waals surface area contributed by atoms with Crippen LogP contribution in [0.4, 0.5) is 0 Å². The Labute approximate surface area is 166 Å². The Balaban J connectivity index is 1.52. The smallest absolute Gasteiger partial charge is 0.339 e. The molecular formula is C21H19N3O3S. The molecule has 0 bridgehead atoms. The second-order valence-corrected chi connectivity index (χ2v) is 7.98. The monoisotopic (exact) mass is 393 g/mol. The lowest BCUT2D eigenvalue weighted by Gasteiger charge is -2.18. The first-order valence-corrected chi connectivity index (χ1v) is 9.98. The molecule has 0 radical (unpaired) electrons. The number of rotatable bonds is 4. The van der Waals surface area contributed by atoms with Gasteiger partial charge in [-0.15, -0.1) is 11.3 Å². The van der Waals surface area contributed by atoms with Crippen molar-refractivity contribution in [2.24, 2.45) is 5.92 Å². The second-order valence-electron chi connectivity index (χ2n) is 7.01. The van der Waals surface area contributed by atoms with Crippen molar-refractivity contribution in [3.05, 3.63) is 57.2 Å². The van der Waals surface area contributed by atoms with Gasteiger partial charge in [0.05, 0.1) is 16.6 Å². The Hall–Kier alpha value is -3.11. The van der Waals surface area contributed by atoms with Crippen LogP contribution in [0.2, 0.25) is 0 Å². The fourth-order valence-electron chi connectivity index (χ4n) is 3.46. The van der Waals surface area contributed by atoms with E-state index >= 15 is 0 Å². The molecule has 2 aromatic heterocycles. The highest BCUT2D eigenvalue weighted by Gasteiger charge is 2.24. The van der Waals surface area contributed by atoms with Crippen LogP contribution in [0, 0.1) is 17.2 Å². The van der Waals surface area contributed by atoms with E-state index in [4.69, 9.17) is 4.74 Å². The zero-order valence-electron chi connectivity index (χ0n) is 15.4. The normalized spacial score (nSPS) is 16.9. The maximum absolute atomic E-state index is 12.5. The lowest BCUT2D eigenvalue weighted by Crippen LogP contribution is -2.14. The van der Waals surface area contributed by atoms with Crippen LogP contribution in [0.1, 0.15) is 40.0 Å². The van der Waals surface area contributed by atoms with Crippen LogP contribution in [0.3, 0.4) is 0 Å². The van der Waals surface area contributed by atoms with Crippen molar-refractivity contribution in [1.82, 2.24) is 9.97 Å². The molecule has 3 aromatic rings. The number of hydrogen-bond acceptors (Lipinski definition) is 6. The average molecular weight is 393 g/mol. The molecule has 0 fully saturated rings. The number of ether oxygens (including phenoxy) is 1. The van der Waals surface area contributed by atoms with Crippen molar-refractivity contribution in [3.63, 3.8) is 0 Å². The van der Waals surface area contributed by atoms with Crippen molar-refractivity contribution in [1.29, 1.82) is 5.26 Å². The summed E-state index contributed by atoms with van der Waals surface area (Å²) in [6.07, 6.45) is 2.91. The first-order valence-electron chi connectivity index (χ1n) is 9.10. The highest BCUT2D eigenvalue weighted by molar-refractivity contribution is 7.10. The van der Waals surface area contributed by atoms with Gasteiger partial charge in [0.1, 0.15) is 18.2 Å². The molecule has 6 nitrogen and oxygen atoms in total. The van der Waals surface area contributed by atoms with E-state index in [1.807, 2.05) is 35.7 Å². The van der Waals surface area contributed by atoms with Gasteiger partial charge >= 0.3 is 5.97 Å². The Bertz CT molecular complexity index is 1090. The summed E-state index contributed by atoms with van der Waals surface area (Å²) in [5.41, 5.74) is 3.05. The van der Waals surface area contributed by atoms with E-state index in [9.17, 15) is 15.2 Å². The number of H-pyrrole nitrogens is 1. The summed E-state index contributed by atoms with van der Waals surface area (Å²) >= 11 is 1.59. The van der Waals surface area contributed by atoms with Gasteiger partial charge < -0.3 is 14.8 Å². The molecule has 7 heteroatoms. The van der Waals surface area contributed by atoms with Crippen molar-refractivity contribution >= 4 is 33.9 Å². The fourth-order valence-corrected chi connectivity index (χ4v) is 4.69. The Kier molecular flexibility index (Phi) is 4.88. The average Bonchev–Trinajstić information content (AvgIpc) is 3.30. The van der Waals surface area contributed by atoms with Gasteiger partial charge in [-0.2, -0.15) is 5.26 Å². The molecule has 4 rings (SSSR count). The Morgan fingerprint density at radius 3 is 3.07 bits per heavy atom. The third-order valence-electron chi connectivity index (χ3n) is 4.99. The number of aliphatic hydroxyl groups is 1. The SMILES string of the molecule is CC1CCc2c(C(=O)OCC(O)=C(C#N)c3nc4ccccc4[nH]3)csc2C1. The summed E-state index contributed by atoms with van der Waals surface area (Å²) in [4.78, 5) is 21.0. The molecule has 1 aliphatic carbocycles. The van der Waals surface area contributed by atoms with Gasteiger partial charge in [-0.1, -0.05) is 19.1 Å². The molecule has 0 amide bonds. The molecule has 2 N–H and O–H groups in total. The number of aliphatic hydroxyl groups excluding tert-OH is 1. The quantitative estimate of drug-likeness (QED) is 0.389. The maximum atomic E-state index is 12.5. The Morgan fingerprint density at radius 2 is 2.29 bits per heavy atom. The van der Waals surface area contributed by atoms with Gasteiger partial charge in [0.2, 0.25) is 0 Å². The van der Waals surface area contributed by atoms with E-state index in [2.05, 4.69) is 16.9 Å². The molecule has 0 saturated carbocycles. The van der Waals surface area contributed by atoms with Gasteiger partial charge in [-0.05, 0) is 42.9 Å². The summed E-state index contributed by atoms with van der Waals surface area (Å²) in [5, 5.41) is 21.6. The number of para-hydroxylation sites is 2. The number of thiophene rings is 1. The molecule has 1 atom stereocenters. The molecular weight excluding hydrogens is 374 g/mol. The minimum atomic E-state index is -0.472. The molecule has 28 heavy (non-hydrogen) atoms. The van der Waals surface area contributed by atoms with Crippen LogP contribution < -0.4 is 0 Å². The van der Waals surface area contributed by atoms with Crippen LogP contribution in [0.25, 0.3) is 16.6 Å². The molecule has 1 unspecified atom stereocenters. The maximum Gasteiger partial charge on any atom is 0.339 e. The van der Waals surface area contributed by atoms with Crippen LogP contribution >= 0.6 is 11.3 Å². The summed E-state index contributed by atoms with van der Waals surface area (Å²) in [7, 11) is 0. The van der Waals surface area contributed by atoms with E-state index in [1.165, 1.54) is 4.88 Å². The minimum absolute atomic E-state index is 0.0369. The third-order valence-corrected chi connectivity index (χ3v) is 6.04. The predicted octanol–water partition coefficient (Wildman–Crippen LogP) is 4.40. The number of aromatic nitrogens is 2. The van der Waals surface area contributed by atoms with E-state index in [-0.39, 0.29) is 23.8 Å². The van der Waals surface area contributed by atoms with Gasteiger partial charge in [-0.3, -0.25) is 0 Å². The molecule has 1 aliphatic rings. The standard InChI is InChI=1S/C21H19N3O3S/c1-12-6-7-13-15(11-28-19(13)8-12)21(26)27-10-18(25)14(9-22)20-23-16-4-2-3-5-17(16)24-20/h2-5,11-12,25H,6-8,10H2,1H3,(H,23,24). The number of carbonyl (C=O) groups excluding carboxylic acids is 1. The molecule has 0 saturated heterocycles. The number of allylic oxidation sites excluding steroid dienone is 1. The number of esters is 1. The number of benzene rings is 1. The Morgan fingerprint density at radius 1 is 1.46 bits per heavy atom. The van der Waals surface area contributed by atoms with Gasteiger partial charge in [0, 0.05) is 10.3 Å². The third kappa shape index (κ3) is 3.39. The number of nitriles is 1. The number of fused-ring (bicyclic) bond motifs is 2. The fraction of sp³-hybridized carbons (Fsp3) is 0.286.